The van der Waals surface area contributed by atoms with Crippen molar-refractivity contribution in [2.45, 2.75) is 23.9 Å². The first-order valence-corrected chi connectivity index (χ1v) is 13.2. The van der Waals surface area contributed by atoms with E-state index in [4.69, 9.17) is 0 Å². The molecule has 1 aliphatic heterocycles. The summed E-state index contributed by atoms with van der Waals surface area (Å²) in [7, 11) is 0.280. The fraction of sp³-hybridized carbons (Fsp3) is 0.318. The number of amides is 1. The average Bonchev–Trinajstić information content (AvgIpc) is 3.45. The Labute approximate surface area is 191 Å². The Morgan fingerprint density at radius 2 is 2.00 bits per heavy atom. The smallest absolute Gasteiger partial charge is 0.251 e. The van der Waals surface area contributed by atoms with E-state index in [-0.39, 0.29) is 16.8 Å². The van der Waals surface area contributed by atoms with Crippen molar-refractivity contribution >= 4 is 38.6 Å². The molecule has 1 amide bonds. The maximum atomic E-state index is 13.2. The van der Waals surface area contributed by atoms with Crippen molar-refractivity contribution < 1.29 is 13.2 Å². The summed E-state index contributed by atoms with van der Waals surface area (Å²) in [5.41, 5.74) is 1.41. The fourth-order valence-corrected chi connectivity index (χ4v) is 6.96. The molecule has 0 saturated heterocycles. The van der Waals surface area contributed by atoms with E-state index >= 15 is 0 Å². The van der Waals surface area contributed by atoms with Crippen LogP contribution in [0.4, 0.5) is 0 Å². The van der Waals surface area contributed by atoms with Crippen LogP contribution >= 0.6 is 22.7 Å². The second kappa shape index (κ2) is 9.22. The van der Waals surface area contributed by atoms with Crippen LogP contribution in [0.1, 0.15) is 31.7 Å². The summed E-state index contributed by atoms with van der Waals surface area (Å²) < 4.78 is 27.9. The minimum Gasteiger partial charge on any atom is -0.350 e. The number of rotatable bonds is 7. The summed E-state index contributed by atoms with van der Waals surface area (Å²) in [6, 6.07) is 12.4. The first-order valence-electron chi connectivity index (χ1n) is 10.00. The van der Waals surface area contributed by atoms with E-state index in [2.05, 4.69) is 10.2 Å². The first-order chi connectivity index (χ1) is 14.9. The molecule has 4 rings (SSSR count). The molecule has 164 valence electrons. The summed E-state index contributed by atoms with van der Waals surface area (Å²) >= 11 is 3.32. The quantitative estimate of drug-likeness (QED) is 0.567. The predicted molar refractivity (Wildman–Crippen MR) is 125 cm³/mol. The summed E-state index contributed by atoms with van der Waals surface area (Å²) in [6.45, 7) is 1.27. The third-order valence-corrected chi connectivity index (χ3v) is 9.30. The van der Waals surface area contributed by atoms with Crippen LogP contribution < -0.4 is 5.32 Å². The molecule has 0 aliphatic carbocycles. The molecule has 6 nitrogen and oxygen atoms in total. The number of thiophene rings is 2. The molecule has 0 radical (unpaired) electrons. The highest BCUT2D eigenvalue weighted by atomic mass is 32.2. The topological polar surface area (TPSA) is 69.7 Å². The highest BCUT2D eigenvalue weighted by Crippen LogP contribution is 2.28. The molecule has 0 fully saturated rings. The predicted octanol–water partition coefficient (Wildman–Crippen LogP) is 3.59. The number of hydrogen-bond acceptors (Lipinski definition) is 6. The van der Waals surface area contributed by atoms with Crippen molar-refractivity contribution in [1.29, 1.82) is 0 Å². The lowest BCUT2D eigenvalue weighted by Crippen LogP contribution is -2.36. The van der Waals surface area contributed by atoms with Crippen LogP contribution in [-0.4, -0.2) is 50.7 Å². The highest BCUT2D eigenvalue weighted by molar-refractivity contribution is 7.89. The molecule has 2 aromatic heterocycles. The first kappa shape index (κ1) is 22.2. The normalized spacial score (nSPS) is 15.6. The van der Waals surface area contributed by atoms with Crippen molar-refractivity contribution in [2.75, 3.05) is 27.2 Å². The number of sulfonamides is 1. The lowest BCUT2D eigenvalue weighted by atomic mass is 10.1. The zero-order valence-electron chi connectivity index (χ0n) is 17.4. The van der Waals surface area contributed by atoms with E-state index in [0.29, 0.717) is 25.2 Å². The molecule has 1 aromatic carbocycles. The molecule has 1 aliphatic rings. The van der Waals surface area contributed by atoms with E-state index < -0.39 is 10.0 Å². The number of carbonyl (C=O) groups is 1. The second-order valence-corrected chi connectivity index (χ2v) is 11.6. The molecular formula is C22H25N3O3S3. The average molecular weight is 476 g/mol. The van der Waals surface area contributed by atoms with Crippen LogP contribution in [0.15, 0.2) is 58.1 Å². The molecule has 31 heavy (non-hydrogen) atoms. The molecule has 3 aromatic rings. The lowest BCUT2D eigenvalue weighted by Gasteiger charge is -2.26. The maximum absolute atomic E-state index is 13.2. The van der Waals surface area contributed by atoms with Crippen LogP contribution in [-0.2, 0) is 23.0 Å². The molecular weight excluding hydrogens is 450 g/mol. The van der Waals surface area contributed by atoms with Gasteiger partial charge in [-0.1, -0.05) is 12.1 Å². The summed E-state index contributed by atoms with van der Waals surface area (Å²) in [5.74, 6) is -0.278. The SMILES string of the molecule is CN(C)C(CNC(=O)c1cccc(S(=O)(=O)N2CCc3sccc3C2)c1)c1cccs1. The van der Waals surface area contributed by atoms with Gasteiger partial charge in [0.25, 0.3) is 5.91 Å². The zero-order valence-corrected chi connectivity index (χ0v) is 19.9. The zero-order chi connectivity index (χ0) is 22.0. The van der Waals surface area contributed by atoms with E-state index in [0.717, 1.165) is 12.0 Å². The third kappa shape index (κ3) is 4.75. The molecule has 1 N–H and O–H groups in total. The van der Waals surface area contributed by atoms with Gasteiger partial charge >= 0.3 is 0 Å². The van der Waals surface area contributed by atoms with Crippen LogP contribution in [0.25, 0.3) is 0 Å². The number of likely N-dealkylation sites (N-methyl/N-ethyl adjacent to an activating group) is 1. The third-order valence-electron chi connectivity index (χ3n) is 5.46. The lowest BCUT2D eigenvalue weighted by molar-refractivity contribution is 0.0942. The van der Waals surface area contributed by atoms with Crippen LogP contribution in [0.2, 0.25) is 0 Å². The number of nitrogens with one attached hydrogen (secondary N) is 1. The van der Waals surface area contributed by atoms with Gasteiger partial charge in [0.2, 0.25) is 10.0 Å². The van der Waals surface area contributed by atoms with Gasteiger partial charge in [0, 0.05) is 35.0 Å². The summed E-state index contributed by atoms with van der Waals surface area (Å²) in [5, 5.41) is 6.97. The maximum Gasteiger partial charge on any atom is 0.251 e. The molecule has 3 heterocycles. The van der Waals surface area contributed by atoms with Gasteiger partial charge < -0.3 is 10.2 Å². The van der Waals surface area contributed by atoms with E-state index in [1.165, 1.54) is 20.1 Å². The van der Waals surface area contributed by atoms with E-state index in [9.17, 15) is 13.2 Å². The van der Waals surface area contributed by atoms with Gasteiger partial charge in [0.15, 0.2) is 0 Å². The fourth-order valence-electron chi connectivity index (χ4n) is 3.68. The van der Waals surface area contributed by atoms with Crippen molar-refractivity contribution in [3.63, 3.8) is 0 Å². The van der Waals surface area contributed by atoms with Gasteiger partial charge in [0.05, 0.1) is 10.9 Å². The van der Waals surface area contributed by atoms with E-state index in [1.807, 2.05) is 43.1 Å². The Kier molecular flexibility index (Phi) is 6.59. The molecule has 0 bridgehead atoms. The second-order valence-electron chi connectivity index (χ2n) is 7.69. The van der Waals surface area contributed by atoms with Gasteiger partial charge in [-0.05, 0) is 67.2 Å². The standard InChI is InChI=1S/C22H25N3O3S3/c1-24(2)19(21-7-4-11-29-21)14-23-22(26)16-5-3-6-18(13-16)31(27,28)25-10-8-20-17(15-25)9-12-30-20/h3-7,9,11-13,19H,8,10,14-15H2,1-2H3,(H,23,26). The highest BCUT2D eigenvalue weighted by Gasteiger charge is 2.29. The van der Waals surface area contributed by atoms with Gasteiger partial charge in [-0.2, -0.15) is 4.31 Å². The van der Waals surface area contributed by atoms with Crippen molar-refractivity contribution in [1.82, 2.24) is 14.5 Å². The van der Waals surface area contributed by atoms with Gasteiger partial charge in [-0.3, -0.25) is 4.79 Å². The van der Waals surface area contributed by atoms with E-state index in [1.54, 1.807) is 40.9 Å². The minimum absolute atomic E-state index is 0.0593. The Bertz CT molecular complexity index is 1150. The minimum atomic E-state index is -3.67. The molecule has 1 atom stereocenters. The molecule has 9 heteroatoms. The van der Waals surface area contributed by atoms with Crippen molar-refractivity contribution in [2.24, 2.45) is 0 Å². The van der Waals surface area contributed by atoms with Gasteiger partial charge in [-0.15, -0.1) is 22.7 Å². The Morgan fingerprint density at radius 1 is 1.16 bits per heavy atom. The summed E-state index contributed by atoms with van der Waals surface area (Å²) in [6.07, 6.45) is 0.723. The Balaban J connectivity index is 1.48. The Morgan fingerprint density at radius 3 is 2.74 bits per heavy atom. The Hall–Kier alpha value is -2.04. The number of nitrogens with zero attached hydrogens (tertiary/aromatic N) is 2. The van der Waals surface area contributed by atoms with Crippen LogP contribution in [0.3, 0.4) is 0 Å². The largest absolute Gasteiger partial charge is 0.350 e. The van der Waals surface area contributed by atoms with Crippen molar-refractivity contribution in [3.05, 3.63) is 74.1 Å². The van der Waals surface area contributed by atoms with Crippen LogP contribution in [0.5, 0.6) is 0 Å². The van der Waals surface area contributed by atoms with Crippen molar-refractivity contribution in [3.8, 4) is 0 Å². The van der Waals surface area contributed by atoms with Gasteiger partial charge in [0.1, 0.15) is 0 Å². The number of carbonyl (C=O) groups excluding carboxylic acids is 1. The number of benzene rings is 1. The molecule has 0 saturated carbocycles. The molecule has 0 spiro atoms. The summed E-state index contributed by atoms with van der Waals surface area (Å²) in [4.78, 5) is 17.4. The van der Waals surface area contributed by atoms with Gasteiger partial charge in [-0.25, -0.2) is 8.42 Å². The molecule has 1 unspecified atom stereocenters. The monoisotopic (exact) mass is 475 g/mol. The van der Waals surface area contributed by atoms with Crippen LogP contribution in [0, 0.1) is 0 Å². The number of fused-ring (bicyclic) bond motifs is 1. The number of hydrogen-bond donors (Lipinski definition) is 1.